The molecule has 8 heteroatoms. The highest BCUT2D eigenvalue weighted by Crippen LogP contribution is 2.30. The van der Waals surface area contributed by atoms with Crippen molar-refractivity contribution in [1.29, 1.82) is 0 Å². The summed E-state index contributed by atoms with van der Waals surface area (Å²) in [5.74, 6) is 0.419. The third-order valence-electron chi connectivity index (χ3n) is 6.35. The zero-order valence-corrected chi connectivity index (χ0v) is 24.0. The summed E-state index contributed by atoms with van der Waals surface area (Å²) in [5.41, 5.74) is 7.98. The third kappa shape index (κ3) is 8.95. The van der Waals surface area contributed by atoms with Crippen molar-refractivity contribution in [3.05, 3.63) is 76.1 Å². The second-order valence-corrected chi connectivity index (χ2v) is 9.38. The number of allylic oxidation sites excluding steroid dienone is 2. The van der Waals surface area contributed by atoms with Crippen molar-refractivity contribution in [2.75, 3.05) is 53.1 Å². The topological polar surface area (TPSA) is 80.5 Å². The number of amides is 2. The number of benzene rings is 1. The van der Waals surface area contributed by atoms with Crippen molar-refractivity contribution in [2.24, 2.45) is 5.92 Å². The van der Waals surface area contributed by atoms with E-state index in [4.69, 9.17) is 16.4 Å². The Morgan fingerprint density at radius 2 is 1.84 bits per heavy atom. The van der Waals surface area contributed by atoms with E-state index in [0.29, 0.717) is 17.5 Å². The van der Waals surface area contributed by atoms with Crippen LogP contribution in [0.5, 0.6) is 0 Å². The van der Waals surface area contributed by atoms with Crippen LogP contribution < -0.4 is 10.6 Å². The Hall–Kier alpha value is -3.29. The fourth-order valence-corrected chi connectivity index (χ4v) is 4.23. The molecule has 3 rings (SSSR count). The summed E-state index contributed by atoms with van der Waals surface area (Å²) in [7, 11) is 7.50. The Morgan fingerprint density at radius 3 is 2.38 bits per heavy atom. The van der Waals surface area contributed by atoms with Crippen molar-refractivity contribution >= 4 is 41.8 Å². The lowest BCUT2D eigenvalue weighted by atomic mass is 10.0. The molecular formula is C29H42ClN5O2. The summed E-state index contributed by atoms with van der Waals surface area (Å²) in [6, 6.07) is 5.91. The second-order valence-electron chi connectivity index (χ2n) is 8.95. The molecule has 0 saturated heterocycles. The molecule has 1 atom stereocenters. The van der Waals surface area contributed by atoms with Crippen LogP contribution in [0.3, 0.4) is 0 Å². The van der Waals surface area contributed by atoms with Crippen LogP contribution in [0.25, 0.3) is 11.6 Å². The summed E-state index contributed by atoms with van der Waals surface area (Å²) < 4.78 is 0. The lowest BCUT2D eigenvalue weighted by Crippen LogP contribution is -2.43. The minimum atomic E-state index is 0.0930. The minimum Gasteiger partial charge on any atom is -0.388 e. The Labute approximate surface area is 227 Å². The van der Waals surface area contributed by atoms with Crippen LogP contribution in [0.4, 0.5) is 10.5 Å². The molecule has 2 amide bonds. The van der Waals surface area contributed by atoms with Gasteiger partial charge in [0, 0.05) is 74.4 Å². The molecular weight excluding hydrogens is 486 g/mol. The first-order valence-corrected chi connectivity index (χ1v) is 12.5. The molecule has 0 bridgehead atoms. The molecule has 37 heavy (non-hydrogen) atoms. The van der Waals surface area contributed by atoms with E-state index in [1.165, 1.54) is 16.8 Å². The number of hydrogen-bond acceptors (Lipinski definition) is 4. The number of carbonyl (C=O) groups excluding carboxylic acids is 2. The number of halogens is 1. The summed E-state index contributed by atoms with van der Waals surface area (Å²) in [4.78, 5) is 26.6. The number of aryl methyl sites for hydroxylation is 1. The van der Waals surface area contributed by atoms with Crippen LogP contribution in [-0.4, -0.2) is 75.4 Å². The van der Waals surface area contributed by atoms with Gasteiger partial charge in [0.25, 0.3) is 0 Å². The molecule has 0 aliphatic carbocycles. The predicted molar refractivity (Wildman–Crippen MR) is 158 cm³/mol. The van der Waals surface area contributed by atoms with Crippen molar-refractivity contribution in [3.63, 3.8) is 0 Å². The Balaban J connectivity index is 0.000000372. The maximum Gasteiger partial charge on any atom is 0.319 e. The number of hydrogen-bond donors (Lipinski definition) is 3. The SMILES string of the molecule is C=C/C(=C\c1[nH]c(C)c(C)c1C)c1cc(Cl)ccc1NC.C=O.CNCC1/C=C/CN(C)C(=O)N(C)C1. The molecule has 202 valence electrons. The van der Waals surface area contributed by atoms with Crippen LogP contribution >= 0.6 is 11.6 Å². The number of urea groups is 1. The lowest BCUT2D eigenvalue weighted by Gasteiger charge is -2.29. The fraction of sp³-hybridized carbons (Fsp3) is 0.379. The van der Waals surface area contributed by atoms with Gasteiger partial charge in [-0.15, -0.1) is 0 Å². The highest BCUT2D eigenvalue weighted by atomic mass is 35.5. The van der Waals surface area contributed by atoms with E-state index >= 15 is 0 Å². The first kappa shape index (κ1) is 31.7. The van der Waals surface area contributed by atoms with Gasteiger partial charge in [-0.2, -0.15) is 0 Å². The number of nitrogens with zero attached hydrogens (tertiary/aromatic N) is 2. The van der Waals surface area contributed by atoms with E-state index in [0.717, 1.165) is 35.6 Å². The van der Waals surface area contributed by atoms with Gasteiger partial charge < -0.3 is 30.2 Å². The van der Waals surface area contributed by atoms with Gasteiger partial charge in [0.15, 0.2) is 0 Å². The van der Waals surface area contributed by atoms with Crippen LogP contribution in [0.1, 0.15) is 28.1 Å². The highest BCUT2D eigenvalue weighted by molar-refractivity contribution is 6.31. The number of H-pyrrole nitrogens is 1. The molecule has 0 radical (unpaired) electrons. The summed E-state index contributed by atoms with van der Waals surface area (Å²) >= 11 is 6.14. The smallest absolute Gasteiger partial charge is 0.319 e. The van der Waals surface area contributed by atoms with Gasteiger partial charge in [0.2, 0.25) is 0 Å². The number of carbonyl (C=O) groups is 2. The van der Waals surface area contributed by atoms with Crippen molar-refractivity contribution < 1.29 is 9.59 Å². The molecule has 1 aromatic carbocycles. The number of aromatic nitrogens is 1. The molecule has 0 spiro atoms. The van der Waals surface area contributed by atoms with Crippen LogP contribution in [-0.2, 0) is 4.79 Å². The quantitative estimate of drug-likeness (QED) is 0.340. The average Bonchev–Trinajstić information content (AvgIpc) is 3.13. The highest BCUT2D eigenvalue weighted by Gasteiger charge is 2.18. The molecule has 0 saturated carbocycles. The molecule has 1 aromatic heterocycles. The van der Waals surface area contributed by atoms with E-state index in [1.807, 2.05) is 59.3 Å². The number of aromatic amines is 1. The molecule has 7 nitrogen and oxygen atoms in total. The van der Waals surface area contributed by atoms with Gasteiger partial charge in [-0.05, 0) is 68.8 Å². The van der Waals surface area contributed by atoms with E-state index in [2.05, 4.69) is 61.2 Å². The van der Waals surface area contributed by atoms with Crippen molar-refractivity contribution in [3.8, 4) is 0 Å². The standard InChI is InChI=1S/C18H21ClN2.C10H19N3O.CH2O/c1-6-14(9-18-12(3)11(2)13(4)21-18)16-10-15(19)7-8-17(16)20-5;1-11-7-9-5-4-6-12(2)10(14)13(3)8-9;1-2/h6-10,20-21H,1H2,2-5H3;4-5,9,11H,6-8H2,1-3H3;1H2/b14-9+;5-4+;. The van der Waals surface area contributed by atoms with Crippen LogP contribution in [0, 0.1) is 26.7 Å². The zero-order valence-electron chi connectivity index (χ0n) is 23.2. The number of nitrogens with one attached hydrogen (secondary N) is 3. The second kappa shape index (κ2) is 15.7. The normalized spacial score (nSPS) is 16.5. The molecule has 2 aromatic rings. The van der Waals surface area contributed by atoms with E-state index in [9.17, 15) is 4.79 Å². The molecule has 2 heterocycles. The van der Waals surface area contributed by atoms with Gasteiger partial charge in [-0.1, -0.05) is 36.4 Å². The van der Waals surface area contributed by atoms with Gasteiger partial charge in [-0.25, -0.2) is 4.79 Å². The monoisotopic (exact) mass is 527 g/mol. The maximum atomic E-state index is 11.6. The zero-order chi connectivity index (χ0) is 28.1. The minimum absolute atomic E-state index is 0.0930. The number of anilines is 1. The Kier molecular flexibility index (Phi) is 13.5. The average molecular weight is 528 g/mol. The summed E-state index contributed by atoms with van der Waals surface area (Å²) in [6.07, 6.45) is 8.22. The van der Waals surface area contributed by atoms with Gasteiger partial charge in [-0.3, -0.25) is 0 Å². The summed E-state index contributed by atoms with van der Waals surface area (Å²) in [6.45, 7) is 14.7. The van der Waals surface area contributed by atoms with Crippen molar-refractivity contribution in [2.45, 2.75) is 20.8 Å². The lowest BCUT2D eigenvalue weighted by molar-refractivity contribution is -0.0980. The molecule has 3 N–H and O–H groups in total. The van der Waals surface area contributed by atoms with Gasteiger partial charge in [0.1, 0.15) is 6.79 Å². The molecule has 0 fully saturated rings. The maximum absolute atomic E-state index is 11.6. The number of rotatable bonds is 6. The van der Waals surface area contributed by atoms with Crippen LogP contribution in [0.2, 0.25) is 5.02 Å². The molecule has 1 unspecified atom stereocenters. The van der Waals surface area contributed by atoms with Crippen LogP contribution in [0.15, 0.2) is 43.0 Å². The third-order valence-corrected chi connectivity index (χ3v) is 6.58. The Bertz CT molecular complexity index is 1110. The van der Waals surface area contributed by atoms with Gasteiger partial charge >= 0.3 is 6.03 Å². The van der Waals surface area contributed by atoms with Gasteiger partial charge in [0.05, 0.1) is 0 Å². The van der Waals surface area contributed by atoms with E-state index in [1.54, 1.807) is 9.80 Å². The van der Waals surface area contributed by atoms with E-state index in [-0.39, 0.29) is 6.03 Å². The van der Waals surface area contributed by atoms with Crippen molar-refractivity contribution in [1.82, 2.24) is 20.1 Å². The fourth-order valence-electron chi connectivity index (χ4n) is 4.06. The van der Waals surface area contributed by atoms with E-state index < -0.39 is 0 Å². The largest absolute Gasteiger partial charge is 0.388 e. The summed E-state index contributed by atoms with van der Waals surface area (Å²) in [5, 5.41) is 7.04. The predicted octanol–water partition coefficient (Wildman–Crippen LogP) is 5.55. The molecule has 1 aliphatic rings. The number of likely N-dealkylation sites (N-methyl/N-ethyl adjacent to an activating group) is 1. The first-order chi connectivity index (χ1) is 17.6. The molecule has 1 aliphatic heterocycles. The first-order valence-electron chi connectivity index (χ1n) is 12.2. The Morgan fingerprint density at radius 1 is 1.16 bits per heavy atom.